The van der Waals surface area contributed by atoms with Crippen LogP contribution in [0.1, 0.15) is 30.1 Å². The lowest BCUT2D eigenvalue weighted by Gasteiger charge is -2.03. The van der Waals surface area contributed by atoms with E-state index in [0.717, 1.165) is 6.07 Å². The second kappa shape index (κ2) is 5.16. The topological polar surface area (TPSA) is 43.1 Å². The predicted octanol–water partition coefficient (Wildman–Crippen LogP) is 2.39. The third-order valence-electron chi connectivity index (χ3n) is 1.97. The first kappa shape index (κ1) is 11.3. The van der Waals surface area contributed by atoms with Gasteiger partial charge in [-0.05, 0) is 25.1 Å². The molecule has 0 aromatic heterocycles. The lowest BCUT2D eigenvalue weighted by Crippen LogP contribution is -2.03. The first-order chi connectivity index (χ1) is 7.15. The Bertz CT molecular complexity index is 429. The van der Waals surface area contributed by atoms with Crippen molar-refractivity contribution >= 4 is 11.5 Å². The molecule has 15 heavy (non-hydrogen) atoms. The summed E-state index contributed by atoms with van der Waals surface area (Å²) >= 11 is 0. The Labute approximate surface area is 88.3 Å². The molecule has 2 nitrogen and oxygen atoms in total. The summed E-state index contributed by atoms with van der Waals surface area (Å²) in [4.78, 5) is 11.6. The third-order valence-corrected chi connectivity index (χ3v) is 1.97. The number of Topliss-reactive ketones (excluding diaryl/α,β-unsaturated/α-hetero) is 1. The number of anilines is 1. The van der Waals surface area contributed by atoms with Crippen molar-refractivity contribution in [2.24, 2.45) is 0 Å². The standard InChI is InChI=1S/C12H12FNO/c1-2-3-4-5-12(15)10-8-9(13)6-7-11(10)14/h6-8H,4-5,14H2,1H3. The molecule has 0 aliphatic heterocycles. The molecule has 0 aliphatic carbocycles. The van der Waals surface area contributed by atoms with Crippen LogP contribution in [0.3, 0.4) is 0 Å². The van der Waals surface area contributed by atoms with Gasteiger partial charge in [0.2, 0.25) is 0 Å². The first-order valence-electron chi connectivity index (χ1n) is 4.63. The molecule has 2 N–H and O–H groups in total. The van der Waals surface area contributed by atoms with Crippen LogP contribution in [0, 0.1) is 17.7 Å². The molecule has 1 aromatic carbocycles. The molecular weight excluding hydrogens is 193 g/mol. The average molecular weight is 205 g/mol. The molecule has 0 saturated carbocycles. The van der Waals surface area contributed by atoms with Crippen molar-refractivity contribution < 1.29 is 9.18 Å². The normalized spacial score (nSPS) is 9.20. The van der Waals surface area contributed by atoms with Crippen molar-refractivity contribution in [3.8, 4) is 11.8 Å². The number of hydrogen-bond acceptors (Lipinski definition) is 2. The van der Waals surface area contributed by atoms with Crippen LogP contribution in [-0.4, -0.2) is 5.78 Å². The highest BCUT2D eigenvalue weighted by Crippen LogP contribution is 2.15. The Kier molecular flexibility index (Phi) is 3.87. The maximum atomic E-state index is 12.9. The minimum absolute atomic E-state index is 0.172. The molecule has 0 radical (unpaired) electrons. The van der Waals surface area contributed by atoms with Crippen LogP contribution in [0.5, 0.6) is 0 Å². The molecule has 0 fully saturated rings. The summed E-state index contributed by atoms with van der Waals surface area (Å²) in [5.41, 5.74) is 6.13. The van der Waals surface area contributed by atoms with Crippen molar-refractivity contribution in [2.45, 2.75) is 19.8 Å². The fourth-order valence-corrected chi connectivity index (χ4v) is 1.21. The fraction of sp³-hybridized carbons (Fsp3) is 0.250. The number of rotatable bonds is 3. The number of halogens is 1. The minimum Gasteiger partial charge on any atom is -0.398 e. The van der Waals surface area contributed by atoms with E-state index in [1.165, 1.54) is 12.1 Å². The molecule has 0 bridgehead atoms. The molecule has 0 atom stereocenters. The number of ketones is 1. The molecule has 0 unspecified atom stereocenters. The average Bonchev–Trinajstić information content (AvgIpc) is 2.22. The Morgan fingerprint density at radius 3 is 2.93 bits per heavy atom. The SMILES string of the molecule is CC#CCCC(=O)c1cc(F)ccc1N. The van der Waals surface area contributed by atoms with E-state index in [9.17, 15) is 9.18 Å². The second-order valence-electron chi connectivity index (χ2n) is 3.08. The van der Waals surface area contributed by atoms with Gasteiger partial charge in [-0.15, -0.1) is 11.8 Å². The van der Waals surface area contributed by atoms with Crippen molar-refractivity contribution in [3.05, 3.63) is 29.6 Å². The zero-order chi connectivity index (χ0) is 11.3. The van der Waals surface area contributed by atoms with E-state index in [-0.39, 0.29) is 17.8 Å². The fourth-order valence-electron chi connectivity index (χ4n) is 1.21. The van der Waals surface area contributed by atoms with Gasteiger partial charge in [-0.3, -0.25) is 4.79 Å². The van der Waals surface area contributed by atoms with E-state index in [2.05, 4.69) is 11.8 Å². The van der Waals surface area contributed by atoms with Gasteiger partial charge in [-0.25, -0.2) is 4.39 Å². The van der Waals surface area contributed by atoms with Gasteiger partial charge in [0.05, 0.1) is 0 Å². The van der Waals surface area contributed by atoms with Gasteiger partial charge in [0.25, 0.3) is 0 Å². The number of benzene rings is 1. The van der Waals surface area contributed by atoms with Gasteiger partial charge in [-0.2, -0.15) is 0 Å². The lowest BCUT2D eigenvalue weighted by molar-refractivity contribution is 0.0985. The van der Waals surface area contributed by atoms with E-state index in [1.54, 1.807) is 6.92 Å². The Balaban J connectivity index is 2.80. The zero-order valence-electron chi connectivity index (χ0n) is 8.51. The molecule has 0 spiro atoms. The summed E-state index contributed by atoms with van der Waals surface area (Å²) in [5, 5.41) is 0. The van der Waals surface area contributed by atoms with Gasteiger partial charge in [0.15, 0.2) is 5.78 Å². The number of carbonyl (C=O) groups is 1. The van der Waals surface area contributed by atoms with Crippen LogP contribution in [0.25, 0.3) is 0 Å². The van der Waals surface area contributed by atoms with E-state index in [0.29, 0.717) is 12.1 Å². The van der Waals surface area contributed by atoms with Crippen LogP contribution in [-0.2, 0) is 0 Å². The molecule has 0 amide bonds. The summed E-state index contributed by atoms with van der Waals surface area (Å²) < 4.78 is 12.9. The maximum Gasteiger partial charge on any atom is 0.165 e. The maximum absolute atomic E-state index is 12.9. The molecule has 78 valence electrons. The number of nitrogens with two attached hydrogens (primary N) is 1. The Morgan fingerprint density at radius 2 is 2.27 bits per heavy atom. The second-order valence-corrected chi connectivity index (χ2v) is 3.08. The smallest absolute Gasteiger partial charge is 0.165 e. The van der Waals surface area contributed by atoms with Crippen LogP contribution >= 0.6 is 0 Å². The van der Waals surface area contributed by atoms with Gasteiger partial charge >= 0.3 is 0 Å². The highest BCUT2D eigenvalue weighted by atomic mass is 19.1. The van der Waals surface area contributed by atoms with Crippen molar-refractivity contribution in [3.63, 3.8) is 0 Å². The largest absolute Gasteiger partial charge is 0.398 e. The first-order valence-corrected chi connectivity index (χ1v) is 4.63. The van der Waals surface area contributed by atoms with E-state index >= 15 is 0 Å². The summed E-state index contributed by atoms with van der Waals surface area (Å²) in [6.07, 6.45) is 0.750. The monoisotopic (exact) mass is 205 g/mol. The van der Waals surface area contributed by atoms with Crippen molar-refractivity contribution in [2.75, 3.05) is 5.73 Å². The third kappa shape index (κ3) is 3.10. The van der Waals surface area contributed by atoms with Crippen LogP contribution in [0.15, 0.2) is 18.2 Å². The summed E-state index contributed by atoms with van der Waals surface area (Å²) in [7, 11) is 0. The lowest BCUT2D eigenvalue weighted by atomic mass is 10.0. The molecule has 0 heterocycles. The van der Waals surface area contributed by atoms with Crippen LogP contribution in [0.4, 0.5) is 10.1 Å². The molecule has 3 heteroatoms. The van der Waals surface area contributed by atoms with Crippen LogP contribution < -0.4 is 5.73 Å². The quantitative estimate of drug-likeness (QED) is 0.467. The minimum atomic E-state index is -0.450. The van der Waals surface area contributed by atoms with Gasteiger partial charge < -0.3 is 5.73 Å². The number of carbonyl (C=O) groups excluding carboxylic acids is 1. The highest BCUT2D eigenvalue weighted by molar-refractivity contribution is 6.00. The molecule has 0 aliphatic rings. The van der Waals surface area contributed by atoms with Crippen LogP contribution in [0.2, 0.25) is 0 Å². The molecule has 1 aromatic rings. The predicted molar refractivity (Wildman–Crippen MR) is 57.8 cm³/mol. The summed E-state index contributed by atoms with van der Waals surface area (Å²) in [5.74, 6) is 4.85. The van der Waals surface area contributed by atoms with E-state index in [1.807, 2.05) is 0 Å². The van der Waals surface area contributed by atoms with E-state index in [4.69, 9.17) is 5.73 Å². The Morgan fingerprint density at radius 1 is 1.53 bits per heavy atom. The van der Waals surface area contributed by atoms with E-state index < -0.39 is 5.82 Å². The van der Waals surface area contributed by atoms with Gasteiger partial charge in [0.1, 0.15) is 5.82 Å². The summed E-state index contributed by atoms with van der Waals surface area (Å²) in [6.45, 7) is 1.71. The van der Waals surface area contributed by atoms with Gasteiger partial charge in [-0.1, -0.05) is 0 Å². The number of hydrogen-bond donors (Lipinski definition) is 1. The Hall–Kier alpha value is -1.82. The highest BCUT2D eigenvalue weighted by Gasteiger charge is 2.09. The number of nitrogen functional groups attached to an aromatic ring is 1. The molecular formula is C12H12FNO. The molecule has 0 saturated heterocycles. The van der Waals surface area contributed by atoms with Gasteiger partial charge in [0, 0.05) is 24.1 Å². The zero-order valence-corrected chi connectivity index (χ0v) is 8.51. The molecule has 1 rings (SSSR count). The van der Waals surface area contributed by atoms with Crippen molar-refractivity contribution in [1.82, 2.24) is 0 Å². The van der Waals surface area contributed by atoms with Crippen molar-refractivity contribution in [1.29, 1.82) is 0 Å². The summed E-state index contributed by atoms with van der Waals surface area (Å²) in [6, 6.07) is 3.79.